The maximum Gasteiger partial charge on any atom is 0.335 e. The molecular formula is C25H34ClNO4. The molecule has 6 heteroatoms. The minimum absolute atomic E-state index is 0.282. The highest BCUT2D eigenvalue weighted by Gasteiger charge is 2.02. The van der Waals surface area contributed by atoms with Gasteiger partial charge in [0.05, 0.1) is 18.8 Å². The van der Waals surface area contributed by atoms with Gasteiger partial charge in [0, 0.05) is 17.3 Å². The van der Waals surface area contributed by atoms with Gasteiger partial charge in [-0.1, -0.05) is 49.4 Å². The van der Waals surface area contributed by atoms with Crippen molar-refractivity contribution in [3.05, 3.63) is 71.3 Å². The maximum absolute atomic E-state index is 10.7. The van der Waals surface area contributed by atoms with Gasteiger partial charge in [0.1, 0.15) is 5.75 Å². The molecule has 0 amide bonds. The van der Waals surface area contributed by atoms with Crippen LogP contribution in [0.3, 0.4) is 0 Å². The van der Waals surface area contributed by atoms with Crippen molar-refractivity contribution in [3.8, 4) is 5.75 Å². The molecule has 3 N–H and O–H groups in total. The summed E-state index contributed by atoms with van der Waals surface area (Å²) in [4.78, 5) is 10.7. The first-order valence-corrected chi connectivity index (χ1v) is 11.0. The van der Waals surface area contributed by atoms with Crippen molar-refractivity contribution in [1.29, 1.82) is 0 Å². The lowest BCUT2D eigenvalue weighted by molar-refractivity contribution is 0.0697. The van der Waals surface area contributed by atoms with Crippen molar-refractivity contribution in [2.75, 3.05) is 25.6 Å². The Balaban J connectivity index is 0.000000500. The number of aromatic carboxylic acids is 1. The van der Waals surface area contributed by atoms with E-state index in [1.807, 2.05) is 6.92 Å². The van der Waals surface area contributed by atoms with E-state index in [0.29, 0.717) is 13.2 Å². The minimum Gasteiger partial charge on any atom is -0.494 e. The molecule has 31 heavy (non-hydrogen) atoms. The maximum atomic E-state index is 10.7. The standard InChI is InChI=1S/C19H28O4.C6H6ClN/c1-16(2)15-22-13-7-5-3-4-6-8-14-23-18-11-9-17(10-12-18)19(20)21;7-5-1-3-6(8)4-2-5/h9-12H,1,3-8,13-15H2,2H3,(H,20,21);1-4H,8H2. The molecule has 0 aromatic heterocycles. The van der Waals surface area contributed by atoms with Gasteiger partial charge in [0.25, 0.3) is 0 Å². The van der Waals surface area contributed by atoms with Crippen molar-refractivity contribution < 1.29 is 19.4 Å². The van der Waals surface area contributed by atoms with Crippen molar-refractivity contribution in [3.63, 3.8) is 0 Å². The molecule has 0 fully saturated rings. The van der Waals surface area contributed by atoms with Crippen molar-refractivity contribution in [1.82, 2.24) is 0 Å². The highest BCUT2D eigenvalue weighted by Crippen LogP contribution is 2.13. The Morgan fingerprint density at radius 2 is 1.48 bits per heavy atom. The second-order valence-electron chi connectivity index (χ2n) is 7.36. The largest absolute Gasteiger partial charge is 0.494 e. The third kappa shape index (κ3) is 14.2. The molecule has 0 aliphatic carbocycles. The van der Waals surface area contributed by atoms with Crippen LogP contribution >= 0.6 is 11.6 Å². The molecule has 2 aromatic carbocycles. The number of carboxylic acid groups (broad SMARTS) is 1. The highest BCUT2D eigenvalue weighted by molar-refractivity contribution is 6.30. The van der Waals surface area contributed by atoms with Gasteiger partial charge in [-0.25, -0.2) is 4.79 Å². The number of benzene rings is 2. The van der Waals surface area contributed by atoms with E-state index < -0.39 is 5.97 Å². The summed E-state index contributed by atoms with van der Waals surface area (Å²) in [7, 11) is 0. The van der Waals surface area contributed by atoms with Crippen LogP contribution in [0.4, 0.5) is 5.69 Å². The van der Waals surface area contributed by atoms with Gasteiger partial charge in [-0.2, -0.15) is 0 Å². The van der Waals surface area contributed by atoms with E-state index in [2.05, 4.69) is 6.58 Å². The van der Waals surface area contributed by atoms with Gasteiger partial charge in [-0.05, 0) is 68.3 Å². The number of carbonyl (C=O) groups is 1. The molecule has 0 spiro atoms. The van der Waals surface area contributed by atoms with Gasteiger partial charge < -0.3 is 20.3 Å². The van der Waals surface area contributed by atoms with E-state index in [1.54, 1.807) is 48.5 Å². The number of unbranched alkanes of at least 4 members (excludes halogenated alkanes) is 5. The third-order valence-corrected chi connectivity index (χ3v) is 4.52. The Morgan fingerprint density at radius 3 is 2.00 bits per heavy atom. The zero-order valence-electron chi connectivity index (χ0n) is 18.3. The van der Waals surface area contributed by atoms with E-state index in [1.165, 1.54) is 19.3 Å². The summed E-state index contributed by atoms with van der Waals surface area (Å²) in [5, 5.41) is 9.53. The number of carboxylic acids is 1. The summed E-state index contributed by atoms with van der Waals surface area (Å²) in [6, 6.07) is 13.6. The summed E-state index contributed by atoms with van der Waals surface area (Å²) >= 11 is 5.56. The molecular weight excluding hydrogens is 414 g/mol. The number of halogens is 1. The van der Waals surface area contributed by atoms with E-state index in [0.717, 1.165) is 47.9 Å². The fourth-order valence-corrected chi connectivity index (χ4v) is 2.73. The molecule has 0 heterocycles. The Hall–Kier alpha value is -2.50. The van der Waals surface area contributed by atoms with E-state index in [-0.39, 0.29) is 5.56 Å². The van der Waals surface area contributed by atoms with E-state index in [4.69, 9.17) is 31.9 Å². The minimum atomic E-state index is -0.915. The van der Waals surface area contributed by atoms with Crippen molar-refractivity contribution >= 4 is 23.3 Å². The van der Waals surface area contributed by atoms with Crippen LogP contribution in [-0.2, 0) is 4.74 Å². The second kappa shape index (κ2) is 16.2. The first kappa shape index (κ1) is 26.5. The molecule has 2 aromatic rings. The molecule has 0 bridgehead atoms. The summed E-state index contributed by atoms with van der Waals surface area (Å²) in [5.74, 6) is -0.189. The lowest BCUT2D eigenvalue weighted by Crippen LogP contribution is -1.99. The van der Waals surface area contributed by atoms with Crippen LogP contribution in [0.5, 0.6) is 5.75 Å². The molecule has 0 aliphatic heterocycles. The first-order valence-electron chi connectivity index (χ1n) is 10.6. The fraction of sp³-hybridized carbons (Fsp3) is 0.400. The van der Waals surface area contributed by atoms with Crippen molar-refractivity contribution in [2.24, 2.45) is 0 Å². The monoisotopic (exact) mass is 447 g/mol. The quantitative estimate of drug-likeness (QED) is 0.205. The highest BCUT2D eigenvalue weighted by atomic mass is 35.5. The number of hydrogen-bond acceptors (Lipinski definition) is 4. The predicted octanol–water partition coefficient (Wildman–Crippen LogP) is 6.62. The van der Waals surface area contributed by atoms with Gasteiger partial charge >= 0.3 is 5.97 Å². The molecule has 0 saturated carbocycles. The Kier molecular flexibility index (Phi) is 13.9. The second-order valence-corrected chi connectivity index (χ2v) is 7.80. The molecule has 5 nitrogen and oxygen atoms in total. The first-order chi connectivity index (χ1) is 14.9. The van der Waals surface area contributed by atoms with Crippen LogP contribution < -0.4 is 10.5 Å². The average Bonchev–Trinajstić information content (AvgIpc) is 2.74. The smallest absolute Gasteiger partial charge is 0.335 e. The molecule has 0 saturated heterocycles. The molecule has 0 atom stereocenters. The van der Waals surface area contributed by atoms with Crippen LogP contribution in [0.15, 0.2) is 60.7 Å². The van der Waals surface area contributed by atoms with Crippen LogP contribution in [0.25, 0.3) is 0 Å². The molecule has 0 radical (unpaired) electrons. The van der Waals surface area contributed by atoms with Crippen molar-refractivity contribution in [2.45, 2.75) is 45.4 Å². The van der Waals surface area contributed by atoms with Gasteiger partial charge in [-0.15, -0.1) is 0 Å². The normalized spacial score (nSPS) is 10.1. The van der Waals surface area contributed by atoms with Gasteiger partial charge in [0.2, 0.25) is 0 Å². The third-order valence-electron chi connectivity index (χ3n) is 4.27. The van der Waals surface area contributed by atoms with E-state index >= 15 is 0 Å². The Bertz CT molecular complexity index is 739. The zero-order valence-corrected chi connectivity index (χ0v) is 19.1. The molecule has 2 rings (SSSR count). The topological polar surface area (TPSA) is 81.8 Å². The lowest BCUT2D eigenvalue weighted by atomic mass is 10.1. The van der Waals surface area contributed by atoms with Crippen LogP contribution in [-0.4, -0.2) is 30.9 Å². The predicted molar refractivity (Wildman–Crippen MR) is 128 cm³/mol. The SMILES string of the molecule is C=C(C)COCCCCCCCCOc1ccc(C(=O)O)cc1.Nc1ccc(Cl)cc1. The zero-order chi connectivity index (χ0) is 22.9. The fourth-order valence-electron chi connectivity index (χ4n) is 2.61. The number of nitrogen functional groups attached to an aromatic ring is 1. The van der Waals surface area contributed by atoms with Crippen LogP contribution in [0, 0.1) is 0 Å². The summed E-state index contributed by atoms with van der Waals surface area (Å²) in [6.45, 7) is 7.94. The number of anilines is 1. The number of nitrogens with two attached hydrogens (primary N) is 1. The molecule has 0 unspecified atom stereocenters. The van der Waals surface area contributed by atoms with E-state index in [9.17, 15) is 4.79 Å². The van der Waals surface area contributed by atoms with Gasteiger partial charge in [-0.3, -0.25) is 0 Å². The summed E-state index contributed by atoms with van der Waals surface area (Å²) in [5.41, 5.74) is 7.47. The Labute approximate surface area is 190 Å². The summed E-state index contributed by atoms with van der Waals surface area (Å²) < 4.78 is 11.1. The Morgan fingerprint density at radius 1 is 0.935 bits per heavy atom. The number of rotatable bonds is 13. The number of hydrogen-bond donors (Lipinski definition) is 2. The summed E-state index contributed by atoms with van der Waals surface area (Å²) in [6.07, 6.45) is 6.92. The average molecular weight is 448 g/mol. The molecule has 0 aliphatic rings. The number of ether oxygens (including phenoxy) is 2. The molecule has 170 valence electrons. The lowest BCUT2D eigenvalue weighted by Gasteiger charge is -2.06. The van der Waals surface area contributed by atoms with Crippen LogP contribution in [0.2, 0.25) is 5.02 Å². The van der Waals surface area contributed by atoms with Gasteiger partial charge in [0.15, 0.2) is 0 Å². The van der Waals surface area contributed by atoms with Crippen LogP contribution in [0.1, 0.15) is 55.8 Å².